The van der Waals surface area contributed by atoms with Gasteiger partial charge in [-0.15, -0.1) is 0 Å². The third-order valence-corrected chi connectivity index (χ3v) is 23.7. The molecule has 0 saturated carbocycles. The van der Waals surface area contributed by atoms with E-state index in [-0.39, 0.29) is 106 Å². The zero-order valence-corrected chi connectivity index (χ0v) is 73.1. The summed E-state index contributed by atoms with van der Waals surface area (Å²) in [5.74, 6) is -0.446. The zero-order valence-electron chi connectivity index (χ0n) is 68.6. The third-order valence-electron chi connectivity index (χ3n) is 22.0. The number of ether oxygens (including phenoxy) is 9. The molecule has 646 valence electrons. The third kappa shape index (κ3) is 27.9. The first-order valence-electron chi connectivity index (χ1n) is 41.0. The Labute approximate surface area is 728 Å². The average Bonchev–Trinajstić information content (AvgIpc) is 1.75. The van der Waals surface area contributed by atoms with E-state index in [9.17, 15) is 28.8 Å². The van der Waals surface area contributed by atoms with E-state index >= 15 is 0 Å². The summed E-state index contributed by atoms with van der Waals surface area (Å²) in [5.41, 5.74) is 15.4. The second-order valence-corrected chi connectivity index (χ2v) is 33.3. The van der Waals surface area contributed by atoms with Gasteiger partial charge in [-0.1, -0.05) is 112 Å². The number of carbonyl (C=O) groups excluding carboxylic acids is 6. The van der Waals surface area contributed by atoms with Crippen molar-refractivity contribution in [3.63, 3.8) is 0 Å². The first kappa shape index (κ1) is 93.1. The molecule has 0 bridgehead atoms. The molecule has 11 rings (SSSR count). The van der Waals surface area contributed by atoms with E-state index in [4.69, 9.17) is 112 Å². The number of likely N-dealkylation sites (N-methyl/N-ethyl adjacent to an activating group) is 3. The minimum absolute atomic E-state index is 0.0154. The number of amides is 6. The molecule has 6 amide bonds. The highest BCUT2D eigenvalue weighted by Gasteiger charge is 2.35. The molecule has 5 aliphatic heterocycles. The number of benzene rings is 6. The molecule has 3 unspecified atom stereocenters. The summed E-state index contributed by atoms with van der Waals surface area (Å²) < 4.78 is 51.7. The lowest BCUT2D eigenvalue weighted by molar-refractivity contribution is -0.122. The van der Waals surface area contributed by atoms with Crippen LogP contribution in [0.2, 0.25) is 30.1 Å². The average molecular weight is 1760 g/mol. The van der Waals surface area contributed by atoms with Gasteiger partial charge in [-0.25, -0.2) is 0 Å². The predicted octanol–water partition coefficient (Wildman–Crippen LogP) is 10.9. The molecule has 25 nitrogen and oxygen atoms in total. The molecule has 3 N–H and O–H groups in total. The minimum atomic E-state index is -0.202. The van der Waals surface area contributed by atoms with Crippen molar-refractivity contribution in [3.05, 3.63) is 205 Å². The summed E-state index contributed by atoms with van der Waals surface area (Å²) in [6.07, 6.45) is 1.24. The maximum atomic E-state index is 13.6. The van der Waals surface area contributed by atoms with Crippen LogP contribution in [-0.4, -0.2) is 289 Å². The van der Waals surface area contributed by atoms with E-state index in [0.29, 0.717) is 199 Å². The van der Waals surface area contributed by atoms with E-state index in [2.05, 4.69) is 89.0 Å². The van der Waals surface area contributed by atoms with E-state index in [1.807, 2.05) is 47.4 Å². The summed E-state index contributed by atoms with van der Waals surface area (Å²) in [5, 5.41) is 12.5. The first-order valence-corrected chi connectivity index (χ1v) is 43.3. The summed E-state index contributed by atoms with van der Waals surface area (Å²) in [4.78, 5) is 92.4. The van der Waals surface area contributed by atoms with E-state index in [1.165, 1.54) is 5.56 Å². The molecule has 5 aliphatic rings. The molecule has 31 heteroatoms. The zero-order chi connectivity index (χ0) is 84.2. The Balaban J connectivity index is 0.521. The lowest BCUT2D eigenvalue weighted by atomic mass is 9.83. The van der Waals surface area contributed by atoms with Crippen LogP contribution in [0.4, 0.5) is 0 Å². The van der Waals surface area contributed by atoms with Gasteiger partial charge in [0.25, 0.3) is 11.8 Å². The van der Waals surface area contributed by atoms with Crippen molar-refractivity contribution in [2.75, 3.05) is 219 Å². The van der Waals surface area contributed by atoms with E-state index < -0.39 is 0 Å². The molecular formula is C88H112Cl6N10O15. The van der Waals surface area contributed by atoms with E-state index in [1.54, 1.807) is 32.9 Å². The van der Waals surface area contributed by atoms with Crippen molar-refractivity contribution < 1.29 is 71.4 Å². The quantitative estimate of drug-likeness (QED) is 0.0237. The number of hydrogen-bond acceptors (Lipinski definition) is 19. The standard InChI is InChI=1S/C88H112Cl6N10O15/c1-60-41-61(75-53-98(2)56-78-72(75)44-67(89)47-81(78)92)5-8-64(60)50-102(59-105)20-26-114-32-38-117-35-29-111-23-14-95-84(106)11-17-101(18-12-85(107)96-15-24-112-30-36-118-39-33-115-27-21-103-51-65-9-6-62(42-70(65)87(103)109)76-54-99(3)57-79-73(76)45-68(90)48-82(79)93)19-13-86(108)97-16-25-113-31-37-119-40-34-116-28-22-104-52-66-10-7-63(43-71(66)88(104)110)77-55-100(4)58-80-74(77)46-69(91)49-83(80)94/h5-10,41-49,59,75-77H,11-40,50-58H2,1-4H3,(H,95,106)(H,96,107)(H,97,108). The Kier molecular flexibility index (Phi) is 37.4. The van der Waals surface area contributed by atoms with Gasteiger partial charge >= 0.3 is 0 Å². The smallest absolute Gasteiger partial charge is 0.254 e. The van der Waals surface area contributed by atoms with Crippen LogP contribution in [-0.2, 0) is 101 Å². The Bertz CT molecular complexity index is 4220. The van der Waals surface area contributed by atoms with Crippen molar-refractivity contribution in [1.82, 2.24) is 50.2 Å². The van der Waals surface area contributed by atoms with Crippen LogP contribution >= 0.6 is 69.6 Å². The van der Waals surface area contributed by atoms with Crippen LogP contribution in [0, 0.1) is 6.92 Å². The Hall–Kier alpha value is -6.64. The maximum Gasteiger partial charge on any atom is 0.254 e. The molecule has 5 heterocycles. The van der Waals surface area contributed by atoms with Crippen LogP contribution in [0.3, 0.4) is 0 Å². The van der Waals surface area contributed by atoms with Crippen LogP contribution in [0.15, 0.2) is 91.0 Å². The second kappa shape index (κ2) is 47.8. The molecule has 6 aromatic carbocycles. The Morgan fingerprint density at radius 3 is 1.09 bits per heavy atom. The molecule has 119 heavy (non-hydrogen) atoms. The monoisotopic (exact) mass is 1760 g/mol. The Morgan fingerprint density at radius 1 is 0.412 bits per heavy atom. The number of hydrogen-bond donors (Lipinski definition) is 3. The highest BCUT2D eigenvalue weighted by atomic mass is 35.5. The van der Waals surface area contributed by atoms with Gasteiger partial charge in [0.1, 0.15) is 0 Å². The number of nitrogens with zero attached hydrogens (tertiary/aromatic N) is 7. The largest absolute Gasteiger partial charge is 0.377 e. The normalized spacial score (nSPS) is 16.6. The van der Waals surface area contributed by atoms with Gasteiger partial charge < -0.3 is 92.9 Å². The summed E-state index contributed by atoms with van der Waals surface area (Å²) >= 11 is 39.2. The van der Waals surface area contributed by atoms with Gasteiger partial charge in [0.15, 0.2) is 0 Å². The van der Waals surface area contributed by atoms with Gasteiger partial charge in [0.05, 0.1) is 119 Å². The second-order valence-electron chi connectivity index (χ2n) is 30.8. The summed E-state index contributed by atoms with van der Waals surface area (Å²) in [6, 6.07) is 30.1. The van der Waals surface area contributed by atoms with Gasteiger partial charge in [-0.3, -0.25) is 28.8 Å². The van der Waals surface area contributed by atoms with Crippen molar-refractivity contribution in [2.24, 2.45) is 0 Å². The molecular weight excluding hydrogens is 1650 g/mol. The number of halogens is 6. The first-order chi connectivity index (χ1) is 57.7. The van der Waals surface area contributed by atoms with Crippen LogP contribution in [0.25, 0.3) is 0 Å². The van der Waals surface area contributed by atoms with Crippen LogP contribution in [0.5, 0.6) is 0 Å². The molecule has 0 fully saturated rings. The number of aryl methyl sites for hydroxylation is 1. The topological polar surface area (TPSA) is 244 Å². The fraction of sp³-hybridized carbons (Fsp3) is 0.523. The summed E-state index contributed by atoms with van der Waals surface area (Å²) in [6.45, 7) is 17.2. The lowest BCUT2D eigenvalue weighted by Crippen LogP contribution is -2.38. The molecule has 0 saturated heterocycles. The molecule has 0 aromatic heterocycles. The molecule has 0 spiro atoms. The Morgan fingerprint density at radius 2 is 0.739 bits per heavy atom. The van der Waals surface area contributed by atoms with Gasteiger partial charge in [0.2, 0.25) is 24.1 Å². The molecule has 6 aromatic rings. The highest BCUT2D eigenvalue weighted by Crippen LogP contribution is 2.43. The number of carbonyl (C=O) groups is 6. The lowest BCUT2D eigenvalue weighted by Gasteiger charge is -2.33. The molecule has 0 aliphatic carbocycles. The van der Waals surface area contributed by atoms with Crippen LogP contribution in [0.1, 0.15) is 130 Å². The van der Waals surface area contributed by atoms with Crippen molar-refractivity contribution in [3.8, 4) is 0 Å². The maximum absolute atomic E-state index is 13.6. The summed E-state index contributed by atoms with van der Waals surface area (Å²) in [7, 11) is 6.22. The fourth-order valence-electron chi connectivity index (χ4n) is 15.8. The highest BCUT2D eigenvalue weighted by molar-refractivity contribution is 6.36. The predicted molar refractivity (Wildman–Crippen MR) is 461 cm³/mol. The van der Waals surface area contributed by atoms with E-state index in [0.717, 1.165) is 112 Å². The van der Waals surface area contributed by atoms with Gasteiger partial charge in [0, 0.05) is 196 Å². The minimum Gasteiger partial charge on any atom is -0.377 e. The number of rotatable bonds is 51. The SMILES string of the molecule is Cc1cc(C2CN(C)Cc3c(Cl)cc(Cl)cc32)ccc1CN(C=O)CCOCCOCCOCCNC(=O)CCN(CCC(=O)NCCOCCOCCOCCN1Cc2ccc(C3CN(C)Cc4c(Cl)cc(Cl)cc43)cc2C1=O)CCC(=O)NCCOCCOCCOCCN1Cc2ccc(C3CN(C)Cc4c(Cl)cc(Cl)cc43)cc2C1=O. The number of fused-ring (bicyclic) bond motifs is 5. The van der Waals surface area contributed by atoms with Gasteiger partial charge in [-0.05, 0) is 149 Å². The van der Waals surface area contributed by atoms with Crippen molar-refractivity contribution in [1.29, 1.82) is 0 Å². The van der Waals surface area contributed by atoms with Crippen molar-refractivity contribution in [2.45, 2.75) is 83.2 Å². The number of nitrogens with one attached hydrogen (secondary N) is 3. The van der Waals surface area contributed by atoms with Crippen LogP contribution < -0.4 is 16.0 Å². The molecule has 0 radical (unpaired) electrons. The molecule has 3 atom stereocenters. The fourth-order valence-corrected chi connectivity index (χ4v) is 17.5. The van der Waals surface area contributed by atoms with Gasteiger partial charge in [-0.2, -0.15) is 0 Å². The van der Waals surface area contributed by atoms with Crippen molar-refractivity contribution >= 4 is 106 Å².